The summed E-state index contributed by atoms with van der Waals surface area (Å²) >= 11 is 6.02. The number of amides is 2. The van der Waals surface area contributed by atoms with E-state index < -0.39 is 0 Å². The van der Waals surface area contributed by atoms with E-state index in [1.807, 2.05) is 6.07 Å². The third kappa shape index (κ3) is 5.80. The van der Waals surface area contributed by atoms with E-state index in [0.717, 1.165) is 6.42 Å². The molecular weight excluding hydrogens is 326 g/mol. The van der Waals surface area contributed by atoms with E-state index in [4.69, 9.17) is 11.6 Å². The highest BCUT2D eigenvalue weighted by Gasteiger charge is 2.23. The summed E-state index contributed by atoms with van der Waals surface area (Å²) in [5, 5.41) is 6.35. The molecule has 24 heavy (non-hydrogen) atoms. The molecule has 0 bridgehead atoms. The number of nitrogens with zero attached hydrogens (tertiary/aromatic N) is 1. The number of carbonyl (C=O) groups excluding carboxylic acids is 2. The summed E-state index contributed by atoms with van der Waals surface area (Å²) < 4.78 is 0. The van der Waals surface area contributed by atoms with Crippen LogP contribution in [0.1, 0.15) is 32.6 Å². The first-order valence-electron chi connectivity index (χ1n) is 8.48. The first-order valence-corrected chi connectivity index (χ1v) is 8.86. The maximum atomic E-state index is 12.2. The Bertz CT molecular complexity index is 579. The molecule has 0 heterocycles. The Morgan fingerprint density at radius 1 is 1.17 bits per heavy atom. The Kier molecular flexibility index (Phi) is 7.06. The lowest BCUT2D eigenvalue weighted by molar-refractivity contribution is -0.124. The second-order valence-electron chi connectivity index (χ2n) is 6.64. The zero-order valence-corrected chi connectivity index (χ0v) is 15.1. The van der Waals surface area contributed by atoms with Crippen LogP contribution in [-0.2, 0) is 9.59 Å². The normalized spacial score (nSPS) is 20.7. The molecule has 1 fully saturated rings. The molecule has 0 saturated heterocycles. The molecule has 2 amide bonds. The number of anilines is 1. The fraction of sp³-hybridized carbons (Fsp3) is 0.556. The van der Waals surface area contributed by atoms with E-state index in [0.29, 0.717) is 16.6 Å². The van der Waals surface area contributed by atoms with Gasteiger partial charge in [0.05, 0.1) is 23.8 Å². The van der Waals surface area contributed by atoms with Crippen LogP contribution < -0.4 is 10.6 Å². The van der Waals surface area contributed by atoms with Crippen LogP contribution in [0.25, 0.3) is 0 Å². The van der Waals surface area contributed by atoms with Gasteiger partial charge in [0.15, 0.2) is 0 Å². The number of hydrogen-bond donors (Lipinski definition) is 2. The van der Waals surface area contributed by atoms with Crippen LogP contribution in [0.15, 0.2) is 24.3 Å². The van der Waals surface area contributed by atoms with Crippen LogP contribution in [0.4, 0.5) is 5.69 Å². The molecule has 0 unspecified atom stereocenters. The molecule has 5 nitrogen and oxygen atoms in total. The van der Waals surface area contributed by atoms with Gasteiger partial charge < -0.3 is 10.6 Å². The minimum Gasteiger partial charge on any atom is -0.352 e. The van der Waals surface area contributed by atoms with Crippen molar-refractivity contribution >= 4 is 29.1 Å². The number of rotatable bonds is 6. The van der Waals surface area contributed by atoms with Crippen LogP contribution >= 0.6 is 11.6 Å². The van der Waals surface area contributed by atoms with Crippen molar-refractivity contribution < 1.29 is 9.59 Å². The molecule has 2 atom stereocenters. The molecule has 0 radical (unpaired) electrons. The second-order valence-corrected chi connectivity index (χ2v) is 7.04. The van der Waals surface area contributed by atoms with Gasteiger partial charge in [0.2, 0.25) is 11.8 Å². The highest BCUT2D eigenvalue weighted by atomic mass is 35.5. The highest BCUT2D eigenvalue weighted by molar-refractivity contribution is 6.33. The molecule has 2 N–H and O–H groups in total. The van der Waals surface area contributed by atoms with E-state index in [9.17, 15) is 9.59 Å². The van der Waals surface area contributed by atoms with Gasteiger partial charge in [-0.05, 0) is 37.9 Å². The van der Waals surface area contributed by atoms with E-state index in [1.54, 1.807) is 30.1 Å². The summed E-state index contributed by atoms with van der Waals surface area (Å²) in [5.74, 6) is 0.308. The van der Waals surface area contributed by atoms with Crippen LogP contribution in [0, 0.1) is 5.92 Å². The van der Waals surface area contributed by atoms with Gasteiger partial charge in [-0.25, -0.2) is 0 Å². The Morgan fingerprint density at radius 3 is 2.54 bits per heavy atom. The Hall–Kier alpha value is -1.59. The zero-order chi connectivity index (χ0) is 17.5. The molecule has 1 saturated carbocycles. The molecule has 2 rings (SSSR count). The quantitative estimate of drug-likeness (QED) is 0.828. The molecular formula is C18H26ClN3O2. The predicted molar refractivity (Wildman–Crippen MR) is 97.1 cm³/mol. The van der Waals surface area contributed by atoms with Crippen LogP contribution in [0.5, 0.6) is 0 Å². The summed E-state index contributed by atoms with van der Waals surface area (Å²) in [5.41, 5.74) is 0.582. The van der Waals surface area contributed by atoms with Crippen molar-refractivity contribution in [2.75, 3.05) is 25.5 Å². The number of hydrogen-bond acceptors (Lipinski definition) is 3. The second kappa shape index (κ2) is 9.04. The summed E-state index contributed by atoms with van der Waals surface area (Å²) in [6, 6.07) is 7.35. The standard InChI is InChI=1S/C18H26ClN3O2/c1-13-7-3-5-9-15(13)20-17(23)11-22(2)12-18(24)21-16-10-6-4-8-14(16)19/h4,6,8,10,13,15H,3,5,7,9,11-12H2,1-2H3,(H,20,23)(H,21,24)/t13-,15-/m1/s1. The van der Waals surface area contributed by atoms with Gasteiger partial charge in [-0.15, -0.1) is 0 Å². The molecule has 6 heteroatoms. The van der Waals surface area contributed by atoms with E-state index >= 15 is 0 Å². The van der Waals surface area contributed by atoms with Gasteiger partial charge in [0.25, 0.3) is 0 Å². The maximum absolute atomic E-state index is 12.2. The number of likely N-dealkylation sites (N-methyl/N-ethyl adjacent to an activating group) is 1. The average molecular weight is 352 g/mol. The van der Waals surface area contributed by atoms with Crippen LogP contribution in [-0.4, -0.2) is 42.9 Å². The maximum Gasteiger partial charge on any atom is 0.238 e. The van der Waals surface area contributed by atoms with Crippen molar-refractivity contribution in [1.82, 2.24) is 10.2 Å². The topological polar surface area (TPSA) is 61.4 Å². The molecule has 0 spiro atoms. The van der Waals surface area contributed by atoms with E-state index in [2.05, 4.69) is 17.6 Å². The van der Waals surface area contributed by atoms with Crippen LogP contribution in [0.3, 0.4) is 0 Å². The number of benzene rings is 1. The lowest BCUT2D eigenvalue weighted by Crippen LogP contribution is -2.46. The largest absolute Gasteiger partial charge is 0.352 e. The highest BCUT2D eigenvalue weighted by Crippen LogP contribution is 2.23. The molecule has 1 aromatic carbocycles. The monoisotopic (exact) mass is 351 g/mol. The lowest BCUT2D eigenvalue weighted by Gasteiger charge is -2.30. The lowest BCUT2D eigenvalue weighted by atomic mass is 9.86. The minimum atomic E-state index is -0.190. The first kappa shape index (κ1) is 18.7. The summed E-state index contributed by atoms with van der Waals surface area (Å²) in [6.07, 6.45) is 4.63. The smallest absolute Gasteiger partial charge is 0.238 e. The average Bonchev–Trinajstić information content (AvgIpc) is 2.51. The van der Waals surface area contributed by atoms with Gasteiger partial charge in [0, 0.05) is 6.04 Å². The number of para-hydroxylation sites is 1. The summed E-state index contributed by atoms with van der Waals surface area (Å²) in [4.78, 5) is 25.9. The van der Waals surface area contributed by atoms with Gasteiger partial charge in [-0.1, -0.05) is 43.5 Å². The van der Waals surface area contributed by atoms with E-state index in [1.165, 1.54) is 19.3 Å². The number of halogens is 1. The van der Waals surface area contributed by atoms with Crippen molar-refractivity contribution in [3.63, 3.8) is 0 Å². The zero-order valence-electron chi connectivity index (χ0n) is 14.3. The van der Waals surface area contributed by atoms with Crippen molar-refractivity contribution in [2.45, 2.75) is 38.6 Å². The first-order chi connectivity index (χ1) is 11.5. The third-order valence-electron chi connectivity index (χ3n) is 4.43. The van der Waals surface area contributed by atoms with Crippen molar-refractivity contribution in [2.24, 2.45) is 5.92 Å². The Balaban J connectivity index is 1.75. The van der Waals surface area contributed by atoms with E-state index in [-0.39, 0.29) is 30.9 Å². The third-order valence-corrected chi connectivity index (χ3v) is 4.76. The number of nitrogens with one attached hydrogen (secondary N) is 2. The molecule has 1 aromatic rings. The van der Waals surface area contributed by atoms with Gasteiger partial charge in [0.1, 0.15) is 0 Å². The van der Waals surface area contributed by atoms with Crippen LogP contribution in [0.2, 0.25) is 5.02 Å². The number of carbonyl (C=O) groups is 2. The van der Waals surface area contributed by atoms with Crippen molar-refractivity contribution in [1.29, 1.82) is 0 Å². The SMILES string of the molecule is C[C@@H]1CCCC[C@H]1NC(=O)CN(C)CC(=O)Nc1ccccc1Cl. The van der Waals surface area contributed by atoms with Gasteiger partial charge in [-0.3, -0.25) is 14.5 Å². The molecule has 0 aliphatic heterocycles. The van der Waals surface area contributed by atoms with Gasteiger partial charge in [-0.2, -0.15) is 0 Å². The summed E-state index contributed by atoms with van der Waals surface area (Å²) in [6.45, 7) is 2.53. The minimum absolute atomic E-state index is 0.0261. The fourth-order valence-electron chi connectivity index (χ4n) is 3.08. The molecule has 0 aromatic heterocycles. The van der Waals surface area contributed by atoms with Gasteiger partial charge >= 0.3 is 0 Å². The van der Waals surface area contributed by atoms with Crippen molar-refractivity contribution in [3.05, 3.63) is 29.3 Å². The Labute approximate surface area is 148 Å². The molecule has 1 aliphatic rings. The summed E-state index contributed by atoms with van der Waals surface area (Å²) in [7, 11) is 1.76. The Morgan fingerprint density at radius 2 is 1.83 bits per heavy atom. The van der Waals surface area contributed by atoms with Crippen molar-refractivity contribution in [3.8, 4) is 0 Å². The molecule has 132 valence electrons. The fourth-order valence-corrected chi connectivity index (χ4v) is 3.26. The molecule has 1 aliphatic carbocycles. The predicted octanol–water partition coefficient (Wildman–Crippen LogP) is 2.91.